The molecule has 1 saturated heterocycles. The van der Waals surface area contributed by atoms with Crippen LogP contribution in [0.25, 0.3) is 11.0 Å². The highest BCUT2D eigenvalue weighted by Gasteiger charge is 2.25. The van der Waals surface area contributed by atoms with E-state index in [0.29, 0.717) is 18.7 Å². The Labute approximate surface area is 149 Å². The van der Waals surface area contributed by atoms with E-state index in [-0.39, 0.29) is 12.0 Å². The average molecular weight is 354 g/mol. The lowest BCUT2D eigenvalue weighted by Crippen LogP contribution is -2.41. The highest BCUT2D eigenvalue weighted by molar-refractivity contribution is 7.00. The number of amides is 1. The first kappa shape index (κ1) is 16.0. The summed E-state index contributed by atoms with van der Waals surface area (Å²) in [7, 11) is 0. The van der Waals surface area contributed by atoms with Gasteiger partial charge in [0.2, 0.25) is 0 Å². The van der Waals surface area contributed by atoms with Gasteiger partial charge in [0.15, 0.2) is 0 Å². The Morgan fingerprint density at radius 1 is 1.16 bits per heavy atom. The molecule has 7 heteroatoms. The fourth-order valence-corrected chi connectivity index (χ4v) is 3.51. The molecule has 1 aromatic carbocycles. The minimum atomic E-state index is 0.0466. The average Bonchev–Trinajstić information content (AvgIpc) is 3.11. The minimum absolute atomic E-state index is 0.0466. The summed E-state index contributed by atoms with van der Waals surface area (Å²) in [4.78, 5) is 18.8. The normalized spacial score (nSPS) is 15.5. The van der Waals surface area contributed by atoms with Crippen molar-refractivity contribution in [3.8, 4) is 5.75 Å². The lowest BCUT2D eigenvalue weighted by molar-refractivity contribution is 0.0595. The summed E-state index contributed by atoms with van der Waals surface area (Å²) in [5, 5.41) is 0. The number of ether oxygens (including phenoxy) is 1. The van der Waals surface area contributed by atoms with Gasteiger partial charge in [0.1, 0.15) is 22.9 Å². The number of aromatic nitrogens is 3. The van der Waals surface area contributed by atoms with Crippen LogP contribution in [-0.2, 0) is 0 Å². The van der Waals surface area contributed by atoms with Crippen molar-refractivity contribution in [3.63, 3.8) is 0 Å². The molecule has 128 valence electrons. The number of rotatable bonds is 3. The van der Waals surface area contributed by atoms with Crippen LogP contribution in [0.4, 0.5) is 0 Å². The highest BCUT2D eigenvalue weighted by Crippen LogP contribution is 2.21. The van der Waals surface area contributed by atoms with E-state index in [1.165, 1.54) is 0 Å². The van der Waals surface area contributed by atoms with Crippen LogP contribution < -0.4 is 4.74 Å². The molecule has 0 spiro atoms. The molecule has 3 aromatic rings. The largest absolute Gasteiger partial charge is 0.489 e. The third kappa shape index (κ3) is 3.46. The van der Waals surface area contributed by atoms with Gasteiger partial charge >= 0.3 is 0 Å². The number of piperidine rings is 1. The van der Waals surface area contributed by atoms with Gasteiger partial charge in [-0.2, -0.15) is 8.75 Å². The minimum Gasteiger partial charge on any atom is -0.489 e. The van der Waals surface area contributed by atoms with Crippen molar-refractivity contribution in [2.75, 3.05) is 13.1 Å². The van der Waals surface area contributed by atoms with Crippen molar-refractivity contribution >= 4 is 28.7 Å². The number of hydrogen-bond donors (Lipinski definition) is 0. The number of likely N-dealkylation sites (tertiary alicyclic amines) is 1. The third-order valence-corrected chi connectivity index (χ3v) is 4.97. The van der Waals surface area contributed by atoms with Gasteiger partial charge in [-0.15, -0.1) is 0 Å². The zero-order valence-corrected chi connectivity index (χ0v) is 14.7. The van der Waals surface area contributed by atoms with E-state index in [2.05, 4.69) is 13.7 Å². The van der Waals surface area contributed by atoms with Crippen molar-refractivity contribution in [2.24, 2.45) is 0 Å². The maximum Gasteiger partial charge on any atom is 0.253 e. The summed E-state index contributed by atoms with van der Waals surface area (Å²) in [5.74, 6) is 0.835. The Bertz CT molecular complexity index is 885. The molecule has 1 amide bonds. The van der Waals surface area contributed by atoms with Crippen molar-refractivity contribution in [1.82, 2.24) is 18.6 Å². The van der Waals surface area contributed by atoms with Gasteiger partial charge < -0.3 is 9.64 Å². The van der Waals surface area contributed by atoms with Crippen LogP contribution in [0.1, 0.15) is 28.9 Å². The Morgan fingerprint density at radius 2 is 1.96 bits per heavy atom. The summed E-state index contributed by atoms with van der Waals surface area (Å²) < 4.78 is 14.4. The first-order valence-electron chi connectivity index (χ1n) is 8.30. The number of carbonyl (C=O) groups excluding carboxylic acids is 1. The van der Waals surface area contributed by atoms with Crippen molar-refractivity contribution < 1.29 is 9.53 Å². The lowest BCUT2D eigenvalue weighted by atomic mass is 10.1. The zero-order valence-electron chi connectivity index (χ0n) is 13.9. The van der Waals surface area contributed by atoms with Crippen LogP contribution in [0, 0.1) is 6.92 Å². The van der Waals surface area contributed by atoms with Gasteiger partial charge in [0, 0.05) is 37.2 Å². The van der Waals surface area contributed by atoms with E-state index in [4.69, 9.17) is 4.74 Å². The Balaban J connectivity index is 1.37. The molecule has 0 bridgehead atoms. The van der Waals surface area contributed by atoms with Crippen LogP contribution in [0.2, 0.25) is 0 Å². The van der Waals surface area contributed by atoms with Gasteiger partial charge in [0.25, 0.3) is 5.91 Å². The number of nitrogens with zero attached hydrogens (tertiary/aromatic N) is 4. The quantitative estimate of drug-likeness (QED) is 0.723. The second-order valence-corrected chi connectivity index (χ2v) is 6.74. The molecule has 6 nitrogen and oxygen atoms in total. The summed E-state index contributed by atoms with van der Waals surface area (Å²) in [5.41, 5.74) is 3.25. The molecule has 0 atom stereocenters. The van der Waals surface area contributed by atoms with Gasteiger partial charge in [0.05, 0.1) is 17.9 Å². The van der Waals surface area contributed by atoms with E-state index in [1.807, 2.05) is 42.2 Å². The monoisotopic (exact) mass is 354 g/mol. The predicted molar refractivity (Wildman–Crippen MR) is 95.9 cm³/mol. The molecule has 0 N–H and O–H groups in total. The van der Waals surface area contributed by atoms with Crippen molar-refractivity contribution in [3.05, 3.63) is 47.8 Å². The van der Waals surface area contributed by atoms with E-state index in [1.54, 1.807) is 6.20 Å². The molecule has 0 aliphatic carbocycles. The highest BCUT2D eigenvalue weighted by atomic mass is 32.1. The fourth-order valence-electron chi connectivity index (χ4n) is 2.99. The second-order valence-electron chi connectivity index (χ2n) is 6.21. The van der Waals surface area contributed by atoms with Gasteiger partial charge in [-0.05, 0) is 37.3 Å². The molecule has 4 rings (SSSR count). The van der Waals surface area contributed by atoms with Gasteiger partial charge in [-0.25, -0.2) is 0 Å². The third-order valence-electron chi connectivity index (χ3n) is 4.42. The molecule has 3 heterocycles. The Hall–Kier alpha value is -2.54. The van der Waals surface area contributed by atoms with Crippen molar-refractivity contribution in [1.29, 1.82) is 0 Å². The maximum absolute atomic E-state index is 12.7. The van der Waals surface area contributed by atoms with Crippen LogP contribution in [0.5, 0.6) is 5.75 Å². The van der Waals surface area contributed by atoms with Crippen LogP contribution >= 0.6 is 11.7 Å². The molecule has 0 radical (unpaired) electrons. The van der Waals surface area contributed by atoms with E-state index < -0.39 is 0 Å². The fraction of sp³-hybridized carbons (Fsp3) is 0.333. The number of benzene rings is 1. The first-order chi connectivity index (χ1) is 12.2. The summed E-state index contributed by atoms with van der Waals surface area (Å²) in [6.45, 7) is 3.33. The van der Waals surface area contributed by atoms with Crippen LogP contribution in [0.3, 0.4) is 0 Å². The van der Waals surface area contributed by atoms with Crippen molar-refractivity contribution in [2.45, 2.75) is 25.9 Å². The number of carbonyl (C=O) groups is 1. The molecule has 1 fully saturated rings. The molecular formula is C18H18N4O2S. The molecule has 2 aromatic heterocycles. The maximum atomic E-state index is 12.7. The second kappa shape index (κ2) is 6.76. The summed E-state index contributed by atoms with van der Waals surface area (Å²) >= 11 is 1.16. The predicted octanol–water partition coefficient (Wildman–Crippen LogP) is 3.08. The van der Waals surface area contributed by atoms with Gasteiger partial charge in [-0.1, -0.05) is 0 Å². The molecule has 1 aliphatic heterocycles. The summed E-state index contributed by atoms with van der Waals surface area (Å²) in [6.07, 6.45) is 3.52. The Morgan fingerprint density at radius 3 is 2.72 bits per heavy atom. The lowest BCUT2D eigenvalue weighted by Gasteiger charge is -2.32. The van der Waals surface area contributed by atoms with E-state index in [0.717, 1.165) is 47.0 Å². The standard InChI is InChI=1S/C18H18N4O2S/c1-12-2-4-15(11-19-12)24-14-6-8-22(9-7-14)18(23)13-3-5-16-17(10-13)21-25-20-16/h2-5,10-11,14H,6-9H2,1H3. The number of pyridine rings is 1. The van der Waals surface area contributed by atoms with Crippen LogP contribution in [0.15, 0.2) is 36.5 Å². The molecule has 1 aliphatic rings. The topological polar surface area (TPSA) is 68.2 Å². The SMILES string of the molecule is Cc1ccc(OC2CCN(C(=O)c3ccc4nsnc4c3)CC2)cn1. The molecule has 25 heavy (non-hydrogen) atoms. The van der Waals surface area contributed by atoms with Crippen LogP contribution in [-0.4, -0.2) is 43.7 Å². The Kier molecular flexibility index (Phi) is 4.31. The summed E-state index contributed by atoms with van der Waals surface area (Å²) in [6, 6.07) is 9.38. The smallest absolute Gasteiger partial charge is 0.253 e. The van der Waals surface area contributed by atoms with Gasteiger partial charge in [-0.3, -0.25) is 9.78 Å². The molecule has 0 saturated carbocycles. The zero-order chi connectivity index (χ0) is 17.2. The molecule has 0 unspecified atom stereocenters. The molecular weight excluding hydrogens is 336 g/mol. The number of hydrogen-bond acceptors (Lipinski definition) is 6. The van der Waals surface area contributed by atoms with E-state index >= 15 is 0 Å². The number of fused-ring (bicyclic) bond motifs is 1. The first-order valence-corrected chi connectivity index (χ1v) is 9.03. The van der Waals surface area contributed by atoms with E-state index in [9.17, 15) is 4.79 Å². The number of aryl methyl sites for hydroxylation is 1.